The van der Waals surface area contributed by atoms with E-state index in [9.17, 15) is 4.79 Å². The van der Waals surface area contributed by atoms with Gasteiger partial charge in [-0.15, -0.1) is 0 Å². The minimum absolute atomic E-state index is 0.0688. The van der Waals surface area contributed by atoms with Gasteiger partial charge in [-0.1, -0.05) is 20.8 Å². The molecule has 1 amide bonds. The van der Waals surface area contributed by atoms with Crippen molar-refractivity contribution in [2.45, 2.75) is 27.0 Å². The number of ether oxygens (including phenoxy) is 1. The van der Waals surface area contributed by atoms with Gasteiger partial charge in [-0.3, -0.25) is 9.59 Å². The van der Waals surface area contributed by atoms with Crippen molar-refractivity contribution in [1.82, 2.24) is 4.90 Å². The van der Waals surface area contributed by atoms with Crippen LogP contribution >= 0.6 is 0 Å². The number of methoxy groups -OCH3 is 1. The maximum Gasteiger partial charge on any atom is 0.290 e. The zero-order chi connectivity index (χ0) is 12.9. The highest BCUT2D eigenvalue weighted by Crippen LogP contribution is 2.31. The Bertz CT molecular complexity index is 291. The third kappa shape index (κ3) is 3.34. The first-order valence-electron chi connectivity index (χ1n) is 4.89. The molecular formula is C11H19NO4. The molecular weight excluding hydrogens is 210 g/mol. The number of carboxylic acid groups (broad SMARTS) is 1. The lowest BCUT2D eigenvalue weighted by atomic mass is 9.86. The van der Waals surface area contributed by atoms with Gasteiger partial charge in [0.2, 0.25) is 0 Å². The zero-order valence-corrected chi connectivity index (χ0v) is 10.4. The summed E-state index contributed by atoms with van der Waals surface area (Å²) in [7, 11) is 3.36. The van der Waals surface area contributed by atoms with Crippen LogP contribution in [0.4, 0.5) is 0 Å². The Labute approximate surface area is 95.7 Å². The smallest absolute Gasteiger partial charge is 0.290 e. The number of nitrogens with zero attached hydrogens (tertiary/aromatic N) is 1. The molecule has 0 aromatic carbocycles. The first kappa shape index (κ1) is 14.6. The molecule has 1 unspecified atom stereocenters. The number of carbonyl (C=O) groups excluding carboxylic acids is 1. The molecule has 5 nitrogen and oxygen atoms in total. The monoisotopic (exact) mass is 229 g/mol. The van der Waals surface area contributed by atoms with Crippen molar-refractivity contribution in [2.24, 2.45) is 5.41 Å². The van der Waals surface area contributed by atoms with Gasteiger partial charge in [0.15, 0.2) is 6.23 Å². The lowest BCUT2D eigenvalue weighted by Gasteiger charge is -2.21. The van der Waals surface area contributed by atoms with Gasteiger partial charge >= 0.3 is 0 Å². The van der Waals surface area contributed by atoms with Crippen LogP contribution in [0.15, 0.2) is 11.6 Å². The van der Waals surface area contributed by atoms with E-state index in [1.807, 2.05) is 26.8 Å². The highest BCUT2D eigenvalue weighted by atomic mass is 16.5. The van der Waals surface area contributed by atoms with Crippen molar-refractivity contribution in [3.63, 3.8) is 0 Å². The van der Waals surface area contributed by atoms with E-state index in [1.165, 1.54) is 0 Å². The minimum atomic E-state index is -0.250. The maximum absolute atomic E-state index is 11.7. The summed E-state index contributed by atoms with van der Waals surface area (Å²) >= 11 is 0. The third-order valence-electron chi connectivity index (χ3n) is 2.29. The second-order valence-corrected chi connectivity index (χ2v) is 4.48. The highest BCUT2D eigenvalue weighted by Gasteiger charge is 2.35. The van der Waals surface area contributed by atoms with Gasteiger partial charge in [-0.2, -0.15) is 0 Å². The molecule has 1 aliphatic rings. The molecule has 5 heteroatoms. The molecule has 0 bridgehead atoms. The molecule has 1 heterocycles. The number of hydrogen-bond donors (Lipinski definition) is 1. The average molecular weight is 229 g/mol. The summed E-state index contributed by atoms with van der Waals surface area (Å²) in [5.74, 6) is 0.0688. The van der Waals surface area contributed by atoms with Crippen LogP contribution in [-0.4, -0.2) is 42.8 Å². The normalized spacial score (nSPS) is 20.1. The second kappa shape index (κ2) is 5.65. The molecule has 1 rings (SSSR count). The molecule has 0 saturated carbocycles. The number of hydrogen-bond acceptors (Lipinski definition) is 3. The SMILES string of the molecule is COC1C=C(C(C)(C)C)C(=O)N1C.O=CO. The molecule has 0 fully saturated rings. The lowest BCUT2D eigenvalue weighted by Crippen LogP contribution is -2.32. The number of rotatable bonds is 1. The van der Waals surface area contributed by atoms with E-state index < -0.39 is 0 Å². The first-order valence-corrected chi connectivity index (χ1v) is 4.89. The Kier molecular flexibility index (Phi) is 5.17. The van der Waals surface area contributed by atoms with E-state index in [0.717, 1.165) is 5.57 Å². The van der Waals surface area contributed by atoms with Gasteiger partial charge in [-0.25, -0.2) is 0 Å². The van der Waals surface area contributed by atoms with Gasteiger partial charge in [0.1, 0.15) is 0 Å². The highest BCUT2D eigenvalue weighted by molar-refractivity contribution is 5.97. The van der Waals surface area contributed by atoms with Crippen molar-refractivity contribution < 1.29 is 19.4 Å². The van der Waals surface area contributed by atoms with E-state index in [-0.39, 0.29) is 24.0 Å². The molecule has 1 N–H and O–H groups in total. The molecule has 0 saturated heterocycles. The summed E-state index contributed by atoms with van der Waals surface area (Å²) in [6, 6.07) is 0. The maximum atomic E-state index is 11.7. The average Bonchev–Trinajstić information content (AvgIpc) is 2.44. The van der Waals surface area contributed by atoms with Gasteiger partial charge in [-0.05, 0) is 11.5 Å². The van der Waals surface area contributed by atoms with Gasteiger partial charge < -0.3 is 14.7 Å². The van der Waals surface area contributed by atoms with Crippen LogP contribution in [-0.2, 0) is 14.3 Å². The molecule has 0 aromatic heterocycles. The van der Waals surface area contributed by atoms with E-state index in [1.54, 1.807) is 19.1 Å². The molecule has 0 radical (unpaired) electrons. The Morgan fingerprint density at radius 3 is 2.12 bits per heavy atom. The fourth-order valence-electron chi connectivity index (χ4n) is 1.43. The summed E-state index contributed by atoms with van der Waals surface area (Å²) in [6.45, 7) is 5.84. The number of amides is 1. The van der Waals surface area contributed by atoms with E-state index in [4.69, 9.17) is 14.6 Å². The molecule has 0 spiro atoms. The van der Waals surface area contributed by atoms with Gasteiger partial charge in [0.05, 0.1) is 0 Å². The van der Waals surface area contributed by atoms with Crippen LogP contribution in [0.3, 0.4) is 0 Å². The van der Waals surface area contributed by atoms with Crippen LogP contribution in [0.5, 0.6) is 0 Å². The van der Waals surface area contributed by atoms with Crippen molar-refractivity contribution >= 4 is 12.4 Å². The quantitative estimate of drug-likeness (QED) is 0.684. The molecule has 1 aliphatic heterocycles. The first-order chi connectivity index (χ1) is 7.29. The molecule has 16 heavy (non-hydrogen) atoms. The van der Waals surface area contributed by atoms with Crippen LogP contribution in [0.25, 0.3) is 0 Å². The Hall–Kier alpha value is -1.36. The Balaban J connectivity index is 0.000000673. The van der Waals surface area contributed by atoms with Gasteiger partial charge in [0.25, 0.3) is 12.4 Å². The summed E-state index contributed by atoms with van der Waals surface area (Å²) in [5, 5.41) is 6.89. The Morgan fingerprint density at radius 1 is 1.50 bits per heavy atom. The van der Waals surface area contributed by atoms with E-state index >= 15 is 0 Å². The fraction of sp³-hybridized carbons (Fsp3) is 0.636. The van der Waals surface area contributed by atoms with Crippen LogP contribution in [0.1, 0.15) is 20.8 Å². The molecule has 0 aromatic rings. The number of carbonyl (C=O) groups is 2. The Morgan fingerprint density at radius 2 is 1.94 bits per heavy atom. The summed E-state index contributed by atoms with van der Waals surface area (Å²) in [4.78, 5) is 21.7. The standard InChI is InChI=1S/C10H17NO2.CH2O2/c1-10(2,3)7-6-8(13-5)11(4)9(7)12;2-1-3/h6,8H,1-5H3;1H,(H,2,3). The fourth-order valence-corrected chi connectivity index (χ4v) is 1.43. The third-order valence-corrected chi connectivity index (χ3v) is 2.29. The van der Waals surface area contributed by atoms with Crippen molar-refractivity contribution in [1.29, 1.82) is 0 Å². The lowest BCUT2D eigenvalue weighted by molar-refractivity contribution is -0.131. The zero-order valence-electron chi connectivity index (χ0n) is 10.4. The van der Waals surface area contributed by atoms with E-state index in [0.29, 0.717) is 0 Å². The predicted octanol–water partition coefficient (Wildman–Crippen LogP) is 1.10. The molecule has 92 valence electrons. The molecule has 0 aliphatic carbocycles. The summed E-state index contributed by atoms with van der Waals surface area (Å²) in [6.07, 6.45) is 1.70. The van der Waals surface area contributed by atoms with E-state index in [2.05, 4.69) is 0 Å². The van der Waals surface area contributed by atoms with Crippen LogP contribution in [0, 0.1) is 5.41 Å². The molecule has 1 atom stereocenters. The topological polar surface area (TPSA) is 66.8 Å². The van der Waals surface area contributed by atoms with Gasteiger partial charge in [0, 0.05) is 19.7 Å². The number of likely N-dealkylation sites (N-methyl/N-ethyl adjacent to an activating group) is 1. The largest absolute Gasteiger partial charge is 0.483 e. The van der Waals surface area contributed by atoms with Crippen LogP contribution in [0.2, 0.25) is 0 Å². The van der Waals surface area contributed by atoms with Crippen LogP contribution < -0.4 is 0 Å². The summed E-state index contributed by atoms with van der Waals surface area (Å²) < 4.78 is 5.15. The van der Waals surface area contributed by atoms with Crippen molar-refractivity contribution in [2.75, 3.05) is 14.2 Å². The second-order valence-electron chi connectivity index (χ2n) is 4.48. The minimum Gasteiger partial charge on any atom is -0.483 e. The summed E-state index contributed by atoms with van der Waals surface area (Å²) in [5.41, 5.74) is 0.736. The van der Waals surface area contributed by atoms with Crippen molar-refractivity contribution in [3.05, 3.63) is 11.6 Å². The predicted molar refractivity (Wildman–Crippen MR) is 59.8 cm³/mol. The van der Waals surface area contributed by atoms with Crippen molar-refractivity contribution in [3.8, 4) is 0 Å².